The second-order valence-electron chi connectivity index (χ2n) is 8.18. The number of nitrogens with two attached hydrogens (primary N) is 1. The van der Waals surface area contributed by atoms with E-state index in [4.69, 9.17) is 20.4 Å². The number of anilines is 1. The molecule has 6 rings (SSSR count). The van der Waals surface area contributed by atoms with Crippen molar-refractivity contribution in [3.8, 4) is 17.1 Å². The molecule has 0 radical (unpaired) electrons. The molecular weight excluding hydrogens is 447 g/mol. The summed E-state index contributed by atoms with van der Waals surface area (Å²) in [5.41, 5.74) is 9.57. The van der Waals surface area contributed by atoms with Crippen molar-refractivity contribution in [2.45, 2.75) is 13.0 Å². The minimum absolute atomic E-state index is 0.214. The predicted molar refractivity (Wildman–Crippen MR) is 130 cm³/mol. The van der Waals surface area contributed by atoms with Crippen LogP contribution in [-0.2, 0) is 13.0 Å². The Bertz CT molecular complexity index is 1620. The first kappa shape index (κ1) is 20.9. The number of benzene rings is 2. The largest absolute Gasteiger partial charge is 0.493 e. The third kappa shape index (κ3) is 3.67. The van der Waals surface area contributed by atoms with Gasteiger partial charge in [-0.15, -0.1) is 0 Å². The highest BCUT2D eigenvalue weighted by Crippen LogP contribution is 2.32. The molecule has 172 valence electrons. The first-order valence-electron chi connectivity index (χ1n) is 11.1. The molecule has 0 bridgehead atoms. The molecule has 0 atom stereocenters. The average Bonchev–Trinajstić information content (AvgIpc) is 3.36. The Balaban J connectivity index is 1.46. The maximum absolute atomic E-state index is 14.6. The number of halogens is 1. The van der Waals surface area contributed by atoms with Crippen LogP contribution < -0.4 is 15.8 Å². The SMILES string of the molecule is NC(=O)c1ccc2c(c1)nc(-c1ccccn1)c1nc(NCc3c(F)ccc4c3CCO4)ncc12. The lowest BCUT2D eigenvalue weighted by atomic mass is 10.0. The molecular formula is C26H19FN6O2. The van der Waals surface area contributed by atoms with Crippen molar-refractivity contribution in [3.63, 3.8) is 0 Å². The lowest BCUT2D eigenvalue weighted by Gasteiger charge is -2.12. The first-order valence-corrected chi connectivity index (χ1v) is 11.1. The van der Waals surface area contributed by atoms with Gasteiger partial charge in [-0.2, -0.15) is 0 Å². The maximum Gasteiger partial charge on any atom is 0.248 e. The number of hydrogen-bond acceptors (Lipinski definition) is 7. The number of nitrogens with zero attached hydrogens (tertiary/aromatic N) is 4. The number of carbonyl (C=O) groups is 1. The normalized spacial score (nSPS) is 12.5. The van der Waals surface area contributed by atoms with Gasteiger partial charge >= 0.3 is 0 Å². The Morgan fingerprint density at radius 2 is 2.00 bits per heavy atom. The van der Waals surface area contributed by atoms with Gasteiger partial charge in [-0.25, -0.2) is 19.3 Å². The Morgan fingerprint density at radius 3 is 2.83 bits per heavy atom. The molecule has 1 aliphatic heterocycles. The summed E-state index contributed by atoms with van der Waals surface area (Å²) in [6, 6.07) is 13.7. The minimum Gasteiger partial charge on any atom is -0.493 e. The van der Waals surface area contributed by atoms with Crippen molar-refractivity contribution in [1.29, 1.82) is 0 Å². The molecule has 0 saturated heterocycles. The molecule has 2 aromatic carbocycles. The zero-order valence-electron chi connectivity index (χ0n) is 18.5. The molecule has 1 aliphatic rings. The van der Waals surface area contributed by atoms with Crippen LogP contribution in [0.3, 0.4) is 0 Å². The molecule has 3 N–H and O–H groups in total. The van der Waals surface area contributed by atoms with E-state index in [0.29, 0.717) is 58.3 Å². The quantitative estimate of drug-likeness (QED) is 0.376. The molecule has 0 aliphatic carbocycles. The number of aromatic nitrogens is 4. The number of amides is 1. The fourth-order valence-electron chi connectivity index (χ4n) is 4.38. The van der Waals surface area contributed by atoms with Crippen LogP contribution in [0.25, 0.3) is 33.2 Å². The number of hydrogen-bond donors (Lipinski definition) is 2. The lowest BCUT2D eigenvalue weighted by molar-refractivity contribution is 0.100. The first-order chi connectivity index (χ1) is 17.1. The third-order valence-corrected chi connectivity index (χ3v) is 6.09. The molecule has 0 spiro atoms. The van der Waals surface area contributed by atoms with Gasteiger partial charge in [0.1, 0.15) is 22.8 Å². The standard InChI is InChI=1S/C26H19FN6O2/c27-19-6-7-22-16(8-10-35-22)17(19)12-30-26-31-13-18-15-5-4-14(25(28)34)11-21(15)32-24(23(18)33-26)20-3-1-2-9-29-20/h1-7,9,11,13H,8,10,12H2,(H2,28,34)(H,30,31,33). The van der Waals surface area contributed by atoms with E-state index in [1.165, 1.54) is 6.07 Å². The van der Waals surface area contributed by atoms with E-state index in [9.17, 15) is 9.18 Å². The van der Waals surface area contributed by atoms with Gasteiger partial charge in [0, 0.05) is 52.8 Å². The lowest BCUT2D eigenvalue weighted by Crippen LogP contribution is -2.11. The summed E-state index contributed by atoms with van der Waals surface area (Å²) in [4.78, 5) is 30.1. The summed E-state index contributed by atoms with van der Waals surface area (Å²) in [5, 5.41) is 4.67. The summed E-state index contributed by atoms with van der Waals surface area (Å²) in [5.74, 6) is 0.218. The molecule has 0 saturated carbocycles. The van der Waals surface area contributed by atoms with Crippen LogP contribution in [-0.4, -0.2) is 32.4 Å². The fourth-order valence-corrected chi connectivity index (χ4v) is 4.38. The van der Waals surface area contributed by atoms with Crippen molar-refractivity contribution in [3.05, 3.63) is 83.4 Å². The molecule has 0 fully saturated rings. The van der Waals surface area contributed by atoms with Crippen molar-refractivity contribution in [2.24, 2.45) is 5.73 Å². The number of primary amides is 1. The van der Waals surface area contributed by atoms with Gasteiger partial charge in [0.25, 0.3) is 0 Å². The molecule has 5 aromatic rings. The van der Waals surface area contributed by atoms with E-state index in [-0.39, 0.29) is 12.4 Å². The van der Waals surface area contributed by atoms with E-state index in [2.05, 4.69) is 15.3 Å². The Hall–Kier alpha value is -4.66. The molecule has 1 amide bonds. The van der Waals surface area contributed by atoms with Gasteiger partial charge in [-0.05, 0) is 36.4 Å². The van der Waals surface area contributed by atoms with Crippen molar-refractivity contribution >= 4 is 33.7 Å². The van der Waals surface area contributed by atoms with Crippen LogP contribution in [0, 0.1) is 5.82 Å². The van der Waals surface area contributed by atoms with Gasteiger partial charge in [0.05, 0.1) is 17.8 Å². The van der Waals surface area contributed by atoms with Crippen LogP contribution in [0.2, 0.25) is 0 Å². The summed E-state index contributed by atoms with van der Waals surface area (Å²) in [6.07, 6.45) is 4.03. The summed E-state index contributed by atoms with van der Waals surface area (Å²) in [6.45, 7) is 0.758. The van der Waals surface area contributed by atoms with Gasteiger partial charge in [-0.3, -0.25) is 9.78 Å². The van der Waals surface area contributed by atoms with Crippen LogP contribution in [0.15, 0.2) is 60.9 Å². The van der Waals surface area contributed by atoms with Crippen molar-refractivity contribution in [1.82, 2.24) is 19.9 Å². The third-order valence-electron chi connectivity index (χ3n) is 6.09. The van der Waals surface area contributed by atoms with E-state index >= 15 is 0 Å². The predicted octanol–water partition coefficient (Wildman–Crippen LogP) is 4.03. The zero-order chi connectivity index (χ0) is 23.9. The van der Waals surface area contributed by atoms with Gasteiger partial charge in [-0.1, -0.05) is 12.1 Å². The van der Waals surface area contributed by atoms with Crippen molar-refractivity contribution in [2.75, 3.05) is 11.9 Å². The summed E-state index contributed by atoms with van der Waals surface area (Å²) < 4.78 is 20.1. The van der Waals surface area contributed by atoms with E-state index < -0.39 is 5.91 Å². The van der Waals surface area contributed by atoms with Crippen LogP contribution in [0.1, 0.15) is 21.5 Å². The smallest absolute Gasteiger partial charge is 0.248 e. The Labute approximate surface area is 199 Å². The number of rotatable bonds is 5. The number of nitrogens with one attached hydrogen (secondary N) is 1. The van der Waals surface area contributed by atoms with Gasteiger partial charge in [0.2, 0.25) is 11.9 Å². The average molecular weight is 466 g/mol. The van der Waals surface area contributed by atoms with Crippen LogP contribution in [0.5, 0.6) is 5.75 Å². The molecule has 3 aromatic heterocycles. The second kappa shape index (κ2) is 8.28. The molecule has 4 heterocycles. The molecule has 35 heavy (non-hydrogen) atoms. The molecule has 0 unspecified atom stereocenters. The highest BCUT2D eigenvalue weighted by molar-refractivity contribution is 6.10. The summed E-state index contributed by atoms with van der Waals surface area (Å²) in [7, 11) is 0. The van der Waals surface area contributed by atoms with E-state index in [1.54, 1.807) is 36.7 Å². The zero-order valence-corrected chi connectivity index (χ0v) is 18.5. The van der Waals surface area contributed by atoms with Crippen LogP contribution in [0.4, 0.5) is 10.3 Å². The monoisotopic (exact) mass is 466 g/mol. The highest BCUT2D eigenvalue weighted by Gasteiger charge is 2.20. The Kier molecular flexibility index (Phi) is 4.95. The number of pyridine rings is 2. The maximum atomic E-state index is 14.6. The van der Waals surface area contributed by atoms with Crippen LogP contribution >= 0.6 is 0 Å². The topological polar surface area (TPSA) is 116 Å². The molecule has 9 heteroatoms. The fraction of sp³-hybridized carbons (Fsp3) is 0.115. The minimum atomic E-state index is -0.533. The molecule has 8 nitrogen and oxygen atoms in total. The van der Waals surface area contributed by atoms with Crippen molar-refractivity contribution < 1.29 is 13.9 Å². The number of carbonyl (C=O) groups excluding carboxylic acids is 1. The number of fused-ring (bicyclic) bond motifs is 4. The number of ether oxygens (including phenoxy) is 1. The van der Waals surface area contributed by atoms with E-state index in [1.807, 2.05) is 18.2 Å². The second-order valence-corrected chi connectivity index (χ2v) is 8.18. The summed E-state index contributed by atoms with van der Waals surface area (Å²) >= 11 is 0. The van der Waals surface area contributed by atoms with E-state index in [0.717, 1.165) is 16.3 Å². The van der Waals surface area contributed by atoms with Gasteiger partial charge < -0.3 is 15.8 Å². The van der Waals surface area contributed by atoms with Gasteiger partial charge in [0.15, 0.2) is 0 Å². The Morgan fingerprint density at radius 1 is 1.09 bits per heavy atom. The highest BCUT2D eigenvalue weighted by atomic mass is 19.1.